The number of aliphatic carboxylic acids is 1. The van der Waals surface area contributed by atoms with E-state index >= 15 is 0 Å². The van der Waals surface area contributed by atoms with E-state index < -0.39 is 5.97 Å². The van der Waals surface area contributed by atoms with Gasteiger partial charge in [-0.25, -0.2) is 4.39 Å². The minimum atomic E-state index is -0.771. The first-order valence-corrected chi connectivity index (χ1v) is 12.5. The van der Waals surface area contributed by atoms with Crippen LogP contribution in [-0.2, 0) is 16.1 Å². The summed E-state index contributed by atoms with van der Waals surface area (Å²) >= 11 is 0. The number of methoxy groups -OCH3 is 1. The molecule has 1 aliphatic carbocycles. The van der Waals surface area contributed by atoms with E-state index in [9.17, 15) is 14.3 Å². The zero-order chi connectivity index (χ0) is 25.9. The van der Waals surface area contributed by atoms with Crippen LogP contribution in [0.4, 0.5) is 4.39 Å². The average molecular weight is 491 g/mol. The predicted molar refractivity (Wildman–Crippen MR) is 140 cm³/mol. The van der Waals surface area contributed by atoms with Crippen molar-refractivity contribution >= 4 is 5.97 Å². The Morgan fingerprint density at radius 2 is 1.78 bits per heavy atom. The Bertz CT molecular complexity index is 1210. The first kappa shape index (κ1) is 25.9. The van der Waals surface area contributed by atoms with E-state index in [0.29, 0.717) is 23.8 Å². The molecule has 0 amide bonds. The van der Waals surface area contributed by atoms with E-state index in [2.05, 4.69) is 20.8 Å². The molecule has 5 heteroatoms. The van der Waals surface area contributed by atoms with E-state index in [1.807, 2.05) is 48.5 Å². The highest BCUT2D eigenvalue weighted by molar-refractivity contribution is 5.69. The quantitative estimate of drug-likeness (QED) is 0.315. The molecule has 0 saturated heterocycles. The SMILES string of the molecule is CO[C@@H](c1cc(COc2cccc([C@H](CC(=O)O)C3CC3)c2)ccc1-c1ccccc1F)C(C)(C)C. The molecule has 36 heavy (non-hydrogen) atoms. The number of hydrogen-bond acceptors (Lipinski definition) is 3. The Kier molecular flexibility index (Phi) is 7.79. The number of carbonyl (C=O) groups is 1. The van der Waals surface area contributed by atoms with E-state index in [4.69, 9.17) is 9.47 Å². The summed E-state index contributed by atoms with van der Waals surface area (Å²) in [6.45, 7) is 6.65. The third-order valence-corrected chi connectivity index (χ3v) is 6.86. The number of carboxylic acid groups (broad SMARTS) is 1. The number of halogens is 1. The van der Waals surface area contributed by atoms with Crippen LogP contribution in [-0.4, -0.2) is 18.2 Å². The molecule has 1 fully saturated rings. The molecular weight excluding hydrogens is 455 g/mol. The summed E-state index contributed by atoms with van der Waals surface area (Å²) in [6.07, 6.45) is 2.05. The lowest BCUT2D eigenvalue weighted by Crippen LogP contribution is -2.21. The molecule has 0 bridgehead atoms. The van der Waals surface area contributed by atoms with Crippen LogP contribution in [0.3, 0.4) is 0 Å². The lowest BCUT2D eigenvalue weighted by atomic mass is 9.81. The third kappa shape index (κ3) is 6.14. The maximum absolute atomic E-state index is 14.7. The number of benzene rings is 3. The Morgan fingerprint density at radius 3 is 2.42 bits per heavy atom. The smallest absolute Gasteiger partial charge is 0.303 e. The topological polar surface area (TPSA) is 55.8 Å². The standard InChI is InChI=1S/C31H35FO4/c1-31(2,3)30(35-4)27-16-20(12-15-24(27)25-10-5-6-11-28(25)32)19-36-23-9-7-8-22(17-23)26(18-29(33)34)21-13-14-21/h5-12,15-17,21,26,30H,13-14,18-19H2,1-4H3,(H,33,34)/t26-,30+/m1/s1. The molecule has 0 aromatic heterocycles. The normalized spacial score (nSPS) is 15.4. The fourth-order valence-corrected chi connectivity index (χ4v) is 5.04. The lowest BCUT2D eigenvalue weighted by Gasteiger charge is -2.32. The summed E-state index contributed by atoms with van der Waals surface area (Å²) in [5.74, 6) is 0.129. The highest BCUT2D eigenvalue weighted by Gasteiger charge is 2.34. The number of rotatable bonds is 10. The first-order chi connectivity index (χ1) is 17.2. The van der Waals surface area contributed by atoms with Gasteiger partial charge in [-0.1, -0.05) is 63.2 Å². The largest absolute Gasteiger partial charge is 0.489 e. The minimum absolute atomic E-state index is 0.0203. The van der Waals surface area contributed by atoms with E-state index in [1.165, 1.54) is 6.07 Å². The van der Waals surface area contributed by atoms with Crippen molar-refractivity contribution in [2.75, 3.05) is 7.11 Å². The van der Waals surface area contributed by atoms with E-state index in [0.717, 1.165) is 35.1 Å². The molecule has 3 aromatic rings. The van der Waals surface area contributed by atoms with Gasteiger partial charge in [0.2, 0.25) is 0 Å². The van der Waals surface area contributed by atoms with Crippen LogP contribution in [0.1, 0.15) is 68.7 Å². The van der Waals surface area contributed by atoms with Crippen molar-refractivity contribution in [1.82, 2.24) is 0 Å². The molecule has 1 aliphatic rings. The van der Waals surface area contributed by atoms with Crippen LogP contribution in [0, 0.1) is 17.2 Å². The molecule has 0 spiro atoms. The maximum Gasteiger partial charge on any atom is 0.303 e. The van der Waals surface area contributed by atoms with Gasteiger partial charge in [0, 0.05) is 12.7 Å². The van der Waals surface area contributed by atoms with Gasteiger partial charge < -0.3 is 14.6 Å². The molecule has 0 aliphatic heterocycles. The summed E-state index contributed by atoms with van der Waals surface area (Å²) in [6, 6.07) is 20.5. The van der Waals surface area contributed by atoms with Gasteiger partial charge in [-0.05, 0) is 76.6 Å². The van der Waals surface area contributed by atoms with Crippen LogP contribution in [0.25, 0.3) is 11.1 Å². The van der Waals surface area contributed by atoms with Crippen molar-refractivity contribution in [1.29, 1.82) is 0 Å². The van der Waals surface area contributed by atoms with Gasteiger partial charge in [0.15, 0.2) is 0 Å². The number of carboxylic acids is 1. The van der Waals surface area contributed by atoms with Crippen LogP contribution in [0.2, 0.25) is 0 Å². The highest BCUT2D eigenvalue weighted by Crippen LogP contribution is 2.45. The van der Waals surface area contributed by atoms with Gasteiger partial charge >= 0.3 is 5.97 Å². The lowest BCUT2D eigenvalue weighted by molar-refractivity contribution is -0.137. The van der Waals surface area contributed by atoms with Crippen molar-refractivity contribution in [3.63, 3.8) is 0 Å². The Labute approximate surface area is 213 Å². The van der Waals surface area contributed by atoms with Crippen molar-refractivity contribution in [2.45, 2.75) is 58.7 Å². The number of hydrogen-bond donors (Lipinski definition) is 1. The molecule has 0 heterocycles. The third-order valence-electron chi connectivity index (χ3n) is 6.86. The molecule has 1 saturated carbocycles. The Balaban J connectivity index is 1.61. The van der Waals surface area contributed by atoms with Gasteiger partial charge in [-0.2, -0.15) is 0 Å². The van der Waals surface area contributed by atoms with Crippen LogP contribution in [0.15, 0.2) is 66.7 Å². The predicted octanol–water partition coefficient (Wildman–Crippen LogP) is 7.77. The fraction of sp³-hybridized carbons (Fsp3) is 0.387. The Hall–Kier alpha value is -3.18. The maximum atomic E-state index is 14.7. The second kappa shape index (κ2) is 10.8. The molecule has 4 rings (SSSR count). The van der Waals surface area contributed by atoms with Gasteiger partial charge in [-0.3, -0.25) is 4.79 Å². The minimum Gasteiger partial charge on any atom is -0.489 e. The van der Waals surface area contributed by atoms with Crippen molar-refractivity contribution in [3.8, 4) is 16.9 Å². The molecule has 4 nitrogen and oxygen atoms in total. The second-order valence-electron chi connectivity index (χ2n) is 10.8. The molecule has 1 N–H and O–H groups in total. The van der Waals surface area contributed by atoms with Crippen molar-refractivity contribution in [3.05, 3.63) is 89.2 Å². The highest BCUT2D eigenvalue weighted by atomic mass is 19.1. The van der Waals surface area contributed by atoms with Crippen molar-refractivity contribution in [2.24, 2.45) is 11.3 Å². The molecule has 3 aromatic carbocycles. The second-order valence-corrected chi connectivity index (χ2v) is 10.8. The van der Waals surface area contributed by atoms with Crippen LogP contribution in [0.5, 0.6) is 5.75 Å². The zero-order valence-corrected chi connectivity index (χ0v) is 21.5. The Morgan fingerprint density at radius 1 is 1.03 bits per heavy atom. The summed E-state index contributed by atoms with van der Waals surface area (Å²) in [7, 11) is 1.68. The monoisotopic (exact) mass is 490 g/mol. The summed E-state index contributed by atoms with van der Waals surface area (Å²) < 4.78 is 26.8. The molecule has 0 unspecified atom stereocenters. The van der Waals surface area contributed by atoms with Gasteiger partial charge in [0.25, 0.3) is 0 Å². The van der Waals surface area contributed by atoms with Crippen molar-refractivity contribution < 1.29 is 23.8 Å². The van der Waals surface area contributed by atoms with Gasteiger partial charge in [0.1, 0.15) is 18.2 Å². The summed E-state index contributed by atoms with van der Waals surface area (Å²) in [4.78, 5) is 11.4. The molecule has 0 radical (unpaired) electrons. The summed E-state index contributed by atoms with van der Waals surface area (Å²) in [5, 5.41) is 9.35. The molecule has 190 valence electrons. The summed E-state index contributed by atoms with van der Waals surface area (Å²) in [5.41, 5.74) is 4.03. The van der Waals surface area contributed by atoms with E-state index in [1.54, 1.807) is 19.2 Å². The zero-order valence-electron chi connectivity index (χ0n) is 21.5. The average Bonchev–Trinajstić information content (AvgIpc) is 3.67. The van der Waals surface area contributed by atoms with Crippen LogP contribution < -0.4 is 4.74 Å². The molecule has 2 atom stereocenters. The van der Waals surface area contributed by atoms with Gasteiger partial charge in [-0.15, -0.1) is 0 Å². The fourth-order valence-electron chi connectivity index (χ4n) is 5.04. The van der Waals surface area contributed by atoms with Gasteiger partial charge in [0.05, 0.1) is 12.5 Å². The van der Waals surface area contributed by atoms with Crippen LogP contribution >= 0.6 is 0 Å². The first-order valence-electron chi connectivity index (χ1n) is 12.5. The number of ether oxygens (including phenoxy) is 2. The van der Waals surface area contributed by atoms with E-state index in [-0.39, 0.29) is 29.7 Å². The molecular formula is C31H35FO4.